The lowest BCUT2D eigenvalue weighted by atomic mass is 9.95. The first-order valence-corrected chi connectivity index (χ1v) is 8.84. The standard InChI is InChI=1S/C17H19BrN4O2/c18-13-9-5-4-8-12(13)16(23)21-14-10-19-22-15(14)17(24)20-11-6-2-1-3-7-11/h4-5,8-11H,1-3,6-7H2,(H,19,22)(H,20,24)(H,21,23). The number of aromatic nitrogens is 2. The van der Waals surface area contributed by atoms with Gasteiger partial charge >= 0.3 is 0 Å². The molecule has 1 aromatic heterocycles. The number of nitrogens with zero attached hydrogens (tertiary/aromatic N) is 1. The van der Waals surface area contributed by atoms with Crippen molar-refractivity contribution in [3.8, 4) is 0 Å². The number of amides is 2. The van der Waals surface area contributed by atoms with Gasteiger partial charge in [-0.15, -0.1) is 0 Å². The van der Waals surface area contributed by atoms with E-state index < -0.39 is 0 Å². The molecule has 2 aromatic rings. The molecule has 0 atom stereocenters. The molecule has 126 valence electrons. The first kappa shape index (κ1) is 16.7. The highest BCUT2D eigenvalue weighted by Crippen LogP contribution is 2.21. The van der Waals surface area contributed by atoms with E-state index in [2.05, 4.69) is 36.8 Å². The smallest absolute Gasteiger partial charge is 0.271 e. The highest BCUT2D eigenvalue weighted by Gasteiger charge is 2.21. The number of carbonyl (C=O) groups is 2. The van der Waals surface area contributed by atoms with E-state index in [4.69, 9.17) is 0 Å². The molecule has 1 heterocycles. The van der Waals surface area contributed by atoms with Crippen molar-refractivity contribution < 1.29 is 9.59 Å². The third-order valence-electron chi connectivity index (χ3n) is 4.17. The number of nitrogens with one attached hydrogen (secondary N) is 3. The van der Waals surface area contributed by atoms with E-state index >= 15 is 0 Å². The lowest BCUT2D eigenvalue weighted by molar-refractivity contribution is 0.0923. The molecule has 0 aliphatic heterocycles. The molecule has 1 saturated carbocycles. The second-order valence-electron chi connectivity index (χ2n) is 5.90. The second-order valence-corrected chi connectivity index (χ2v) is 6.76. The average molecular weight is 391 g/mol. The predicted octanol–water partition coefficient (Wildman–Crippen LogP) is 3.49. The van der Waals surface area contributed by atoms with Crippen molar-refractivity contribution in [2.45, 2.75) is 38.1 Å². The molecule has 2 amide bonds. The van der Waals surface area contributed by atoms with Gasteiger partial charge in [0.15, 0.2) is 0 Å². The number of rotatable bonds is 4. The van der Waals surface area contributed by atoms with E-state index in [0.717, 1.165) is 25.7 Å². The first-order chi connectivity index (χ1) is 11.6. The Morgan fingerprint density at radius 2 is 1.88 bits per heavy atom. The van der Waals surface area contributed by atoms with Gasteiger partial charge in [0.25, 0.3) is 11.8 Å². The fraction of sp³-hybridized carbons (Fsp3) is 0.353. The Bertz CT molecular complexity index is 738. The molecule has 1 aliphatic carbocycles. The maximum atomic E-state index is 12.4. The maximum Gasteiger partial charge on any atom is 0.271 e. The van der Waals surface area contributed by atoms with Crippen LogP contribution in [0.5, 0.6) is 0 Å². The third kappa shape index (κ3) is 3.84. The third-order valence-corrected chi connectivity index (χ3v) is 4.86. The summed E-state index contributed by atoms with van der Waals surface area (Å²) in [6.45, 7) is 0. The van der Waals surface area contributed by atoms with Crippen LogP contribution in [0.2, 0.25) is 0 Å². The molecule has 7 heteroatoms. The molecule has 3 N–H and O–H groups in total. The molecule has 0 spiro atoms. The highest BCUT2D eigenvalue weighted by molar-refractivity contribution is 9.10. The number of anilines is 1. The molecular weight excluding hydrogens is 372 g/mol. The number of aromatic amines is 1. The molecule has 0 bridgehead atoms. The van der Waals surface area contributed by atoms with Crippen LogP contribution in [0.4, 0.5) is 5.69 Å². The van der Waals surface area contributed by atoms with Crippen LogP contribution in [-0.2, 0) is 0 Å². The average Bonchev–Trinajstić information content (AvgIpc) is 3.04. The molecule has 1 aliphatic rings. The Hall–Kier alpha value is -2.15. The van der Waals surface area contributed by atoms with Crippen molar-refractivity contribution >= 4 is 33.4 Å². The fourth-order valence-corrected chi connectivity index (χ4v) is 3.36. The fourth-order valence-electron chi connectivity index (χ4n) is 2.89. The SMILES string of the molecule is O=C(Nc1cn[nH]c1C(=O)NC1CCCCC1)c1ccccc1Br. The van der Waals surface area contributed by atoms with Crippen LogP contribution < -0.4 is 10.6 Å². The van der Waals surface area contributed by atoms with Crippen LogP contribution in [0, 0.1) is 0 Å². The molecule has 6 nitrogen and oxygen atoms in total. The summed E-state index contributed by atoms with van der Waals surface area (Å²) >= 11 is 3.35. The largest absolute Gasteiger partial charge is 0.348 e. The summed E-state index contributed by atoms with van der Waals surface area (Å²) in [5.74, 6) is -0.530. The number of carbonyl (C=O) groups excluding carboxylic acids is 2. The Morgan fingerprint density at radius 3 is 2.62 bits per heavy atom. The lowest BCUT2D eigenvalue weighted by Crippen LogP contribution is -2.36. The summed E-state index contributed by atoms with van der Waals surface area (Å²) in [6, 6.07) is 7.32. The predicted molar refractivity (Wildman–Crippen MR) is 95.0 cm³/mol. The van der Waals surface area contributed by atoms with Gasteiger partial charge in [0.05, 0.1) is 17.4 Å². The van der Waals surface area contributed by atoms with E-state index in [-0.39, 0.29) is 23.6 Å². The van der Waals surface area contributed by atoms with Gasteiger partial charge in [-0.3, -0.25) is 14.7 Å². The number of halogens is 1. The zero-order chi connectivity index (χ0) is 16.9. The molecule has 24 heavy (non-hydrogen) atoms. The molecular formula is C17H19BrN4O2. The number of hydrogen-bond donors (Lipinski definition) is 3. The van der Waals surface area contributed by atoms with Gasteiger partial charge in [0.1, 0.15) is 5.69 Å². The van der Waals surface area contributed by atoms with Gasteiger partial charge in [-0.25, -0.2) is 0 Å². The van der Waals surface area contributed by atoms with Crippen molar-refractivity contribution in [3.63, 3.8) is 0 Å². The molecule has 0 unspecified atom stereocenters. The molecule has 0 saturated heterocycles. The van der Waals surface area contributed by atoms with Gasteiger partial charge in [-0.05, 0) is 40.9 Å². The quantitative estimate of drug-likeness (QED) is 0.746. The van der Waals surface area contributed by atoms with Crippen molar-refractivity contribution in [2.24, 2.45) is 0 Å². The second kappa shape index (κ2) is 7.61. The van der Waals surface area contributed by atoms with Crippen molar-refractivity contribution in [2.75, 3.05) is 5.32 Å². The van der Waals surface area contributed by atoms with E-state index in [0.29, 0.717) is 15.7 Å². The highest BCUT2D eigenvalue weighted by atomic mass is 79.9. The number of benzene rings is 1. The number of hydrogen-bond acceptors (Lipinski definition) is 3. The summed E-state index contributed by atoms with van der Waals surface area (Å²) in [6.07, 6.45) is 6.95. The Labute approximate surface area is 148 Å². The van der Waals surface area contributed by atoms with Crippen LogP contribution in [0.15, 0.2) is 34.9 Å². The Balaban J connectivity index is 1.69. The van der Waals surface area contributed by atoms with Crippen LogP contribution in [0.1, 0.15) is 53.0 Å². The summed E-state index contributed by atoms with van der Waals surface area (Å²) in [4.78, 5) is 24.8. The van der Waals surface area contributed by atoms with Crippen LogP contribution in [0.3, 0.4) is 0 Å². The molecule has 1 fully saturated rings. The summed E-state index contributed by atoms with van der Waals surface area (Å²) in [7, 11) is 0. The zero-order valence-electron chi connectivity index (χ0n) is 13.1. The van der Waals surface area contributed by atoms with Crippen molar-refractivity contribution in [1.29, 1.82) is 0 Å². The first-order valence-electron chi connectivity index (χ1n) is 8.05. The lowest BCUT2D eigenvalue weighted by Gasteiger charge is -2.22. The van der Waals surface area contributed by atoms with E-state index in [1.165, 1.54) is 12.6 Å². The van der Waals surface area contributed by atoms with Gasteiger partial charge < -0.3 is 10.6 Å². The minimum absolute atomic E-state index is 0.196. The monoisotopic (exact) mass is 390 g/mol. The van der Waals surface area contributed by atoms with E-state index in [1.807, 2.05) is 6.07 Å². The van der Waals surface area contributed by atoms with Crippen molar-refractivity contribution in [1.82, 2.24) is 15.5 Å². The van der Waals surface area contributed by atoms with Gasteiger partial charge in [0, 0.05) is 10.5 Å². The summed E-state index contributed by atoms with van der Waals surface area (Å²) in [5.41, 5.74) is 1.15. The topological polar surface area (TPSA) is 86.9 Å². The van der Waals surface area contributed by atoms with Crippen LogP contribution in [-0.4, -0.2) is 28.1 Å². The van der Waals surface area contributed by atoms with Gasteiger partial charge in [-0.2, -0.15) is 5.10 Å². The maximum absolute atomic E-state index is 12.4. The van der Waals surface area contributed by atoms with Gasteiger partial charge in [0.2, 0.25) is 0 Å². The minimum Gasteiger partial charge on any atom is -0.348 e. The molecule has 1 aromatic carbocycles. The normalized spacial score (nSPS) is 15.0. The minimum atomic E-state index is -0.296. The molecule has 3 rings (SSSR count). The number of H-pyrrole nitrogens is 1. The summed E-state index contributed by atoms with van der Waals surface area (Å²) < 4.78 is 0.694. The molecule has 0 radical (unpaired) electrons. The zero-order valence-corrected chi connectivity index (χ0v) is 14.7. The van der Waals surface area contributed by atoms with Crippen molar-refractivity contribution in [3.05, 3.63) is 46.2 Å². The van der Waals surface area contributed by atoms with Gasteiger partial charge in [-0.1, -0.05) is 31.4 Å². The van der Waals surface area contributed by atoms with Crippen LogP contribution >= 0.6 is 15.9 Å². The van der Waals surface area contributed by atoms with E-state index in [1.54, 1.807) is 18.2 Å². The Kier molecular flexibility index (Phi) is 5.30. The van der Waals surface area contributed by atoms with Crippen LogP contribution in [0.25, 0.3) is 0 Å². The Morgan fingerprint density at radius 1 is 1.12 bits per heavy atom. The summed E-state index contributed by atoms with van der Waals surface area (Å²) in [5, 5.41) is 12.3. The van der Waals surface area contributed by atoms with E-state index in [9.17, 15) is 9.59 Å².